The normalized spacial score (nSPS) is 14.4. The first kappa shape index (κ1) is 20.3. The molecule has 1 amide bonds. The second-order valence-corrected chi connectivity index (χ2v) is 8.46. The maximum absolute atomic E-state index is 12.6. The molecular formula is C16H19N2O6PS. The van der Waals surface area contributed by atoms with E-state index in [4.69, 9.17) is 5.11 Å². The lowest BCUT2D eigenvalue weighted by Gasteiger charge is -2.18. The van der Waals surface area contributed by atoms with Crippen LogP contribution in [0.2, 0.25) is 0 Å². The van der Waals surface area contributed by atoms with E-state index in [0.29, 0.717) is 5.69 Å². The van der Waals surface area contributed by atoms with E-state index in [9.17, 15) is 19.0 Å². The lowest BCUT2D eigenvalue weighted by molar-refractivity contribution is -0.136. The molecule has 0 bridgehead atoms. The Hall–Kier alpha value is -2.06. The molecule has 0 spiro atoms. The van der Waals surface area contributed by atoms with Crippen molar-refractivity contribution in [1.82, 2.24) is 4.98 Å². The number of carbonyl (C=O) groups excluding carboxylic acids is 1. The van der Waals surface area contributed by atoms with Crippen molar-refractivity contribution in [3.05, 3.63) is 47.0 Å². The van der Waals surface area contributed by atoms with Crippen LogP contribution in [0.1, 0.15) is 11.3 Å². The van der Waals surface area contributed by atoms with Crippen LogP contribution in [0.4, 0.5) is 5.13 Å². The first-order valence-corrected chi connectivity index (χ1v) is 10.3. The van der Waals surface area contributed by atoms with Gasteiger partial charge in [-0.05, 0) is 12.0 Å². The van der Waals surface area contributed by atoms with Crippen LogP contribution < -0.4 is 5.32 Å². The summed E-state index contributed by atoms with van der Waals surface area (Å²) >= 11 is 1.10. The molecule has 140 valence electrons. The third-order valence-corrected chi connectivity index (χ3v) is 5.83. The fraction of sp³-hybridized carbons (Fsp3) is 0.312. The highest BCUT2D eigenvalue weighted by Gasteiger charge is 2.30. The summed E-state index contributed by atoms with van der Waals surface area (Å²) in [4.78, 5) is 37.1. The average molecular weight is 398 g/mol. The van der Waals surface area contributed by atoms with Crippen molar-refractivity contribution in [2.75, 3.05) is 18.6 Å². The Morgan fingerprint density at radius 2 is 2.04 bits per heavy atom. The number of anilines is 1. The van der Waals surface area contributed by atoms with Gasteiger partial charge in [0.25, 0.3) is 0 Å². The van der Waals surface area contributed by atoms with E-state index in [0.717, 1.165) is 24.0 Å². The minimum absolute atomic E-state index is 0.241. The molecule has 2 unspecified atom stereocenters. The summed E-state index contributed by atoms with van der Waals surface area (Å²) < 4.78 is 16.5. The van der Waals surface area contributed by atoms with Gasteiger partial charge in [0, 0.05) is 12.5 Å². The Labute approximate surface area is 154 Å². The van der Waals surface area contributed by atoms with Crippen molar-refractivity contribution < 1.29 is 28.7 Å². The summed E-state index contributed by atoms with van der Waals surface area (Å²) in [5.41, 5.74) is 1.18. The summed E-state index contributed by atoms with van der Waals surface area (Å²) in [6.07, 6.45) is -0.319. The highest BCUT2D eigenvalue weighted by Crippen LogP contribution is 2.43. The average Bonchev–Trinajstić information content (AvgIpc) is 3.01. The molecule has 0 fully saturated rings. The van der Waals surface area contributed by atoms with Crippen molar-refractivity contribution in [2.24, 2.45) is 5.92 Å². The maximum atomic E-state index is 12.6. The third-order valence-electron chi connectivity index (χ3n) is 3.55. The number of hydrogen-bond donors (Lipinski definition) is 3. The molecule has 1 aromatic carbocycles. The fourth-order valence-corrected chi connectivity index (χ4v) is 4.01. The molecule has 8 nitrogen and oxygen atoms in total. The predicted octanol–water partition coefficient (Wildman–Crippen LogP) is 2.40. The molecule has 2 aromatic rings. The molecule has 0 aliphatic carbocycles. The lowest BCUT2D eigenvalue weighted by Crippen LogP contribution is -2.28. The van der Waals surface area contributed by atoms with Crippen LogP contribution in [0.5, 0.6) is 0 Å². The number of carboxylic acid groups (broad SMARTS) is 1. The Kier molecular flexibility index (Phi) is 7.05. The zero-order valence-electron chi connectivity index (χ0n) is 14.0. The number of thiazole rings is 1. The molecule has 3 N–H and O–H groups in total. The van der Waals surface area contributed by atoms with Gasteiger partial charge in [-0.15, -0.1) is 11.3 Å². The Morgan fingerprint density at radius 1 is 1.35 bits per heavy atom. The number of nitrogens with zero attached hydrogens (tertiary/aromatic N) is 1. The van der Waals surface area contributed by atoms with Crippen LogP contribution in [0.25, 0.3) is 0 Å². The largest absolute Gasteiger partial charge is 0.481 e. The van der Waals surface area contributed by atoms with Gasteiger partial charge in [0.1, 0.15) is 0 Å². The van der Waals surface area contributed by atoms with Crippen molar-refractivity contribution in [3.8, 4) is 0 Å². The Morgan fingerprint density at radius 3 is 2.65 bits per heavy atom. The van der Waals surface area contributed by atoms with Crippen molar-refractivity contribution in [3.63, 3.8) is 0 Å². The van der Waals surface area contributed by atoms with E-state index in [-0.39, 0.29) is 24.1 Å². The molecule has 26 heavy (non-hydrogen) atoms. The maximum Gasteiger partial charge on any atom is 0.328 e. The summed E-state index contributed by atoms with van der Waals surface area (Å²) in [7, 11) is -2.77. The van der Waals surface area contributed by atoms with E-state index >= 15 is 0 Å². The molecule has 1 heterocycles. The molecule has 10 heteroatoms. The first-order chi connectivity index (χ1) is 12.3. The summed E-state index contributed by atoms with van der Waals surface area (Å²) in [6.45, 7) is 0. The number of carboxylic acids is 1. The molecular weight excluding hydrogens is 379 g/mol. The van der Waals surface area contributed by atoms with Crippen LogP contribution in [0.15, 0.2) is 35.7 Å². The number of hydrogen-bond acceptors (Lipinski definition) is 6. The van der Waals surface area contributed by atoms with Gasteiger partial charge in [-0.1, -0.05) is 30.3 Å². The molecule has 1 aromatic heterocycles. The monoisotopic (exact) mass is 398 g/mol. The number of amides is 1. The van der Waals surface area contributed by atoms with Crippen LogP contribution in [-0.4, -0.2) is 40.1 Å². The van der Waals surface area contributed by atoms with Crippen LogP contribution in [-0.2, 0) is 31.5 Å². The fourth-order valence-electron chi connectivity index (χ4n) is 2.30. The van der Waals surface area contributed by atoms with Crippen molar-refractivity contribution in [2.45, 2.75) is 12.8 Å². The first-order valence-electron chi connectivity index (χ1n) is 7.67. The number of rotatable bonds is 9. The second kappa shape index (κ2) is 9.05. The summed E-state index contributed by atoms with van der Waals surface area (Å²) in [5.74, 6) is -2.30. The molecule has 0 radical (unpaired) electrons. The van der Waals surface area contributed by atoms with Gasteiger partial charge in [-0.3, -0.25) is 14.2 Å². The molecule has 2 atom stereocenters. The number of carbonyl (C=O) groups is 2. The van der Waals surface area contributed by atoms with E-state index < -0.39 is 25.4 Å². The zero-order chi connectivity index (χ0) is 19.2. The Bertz CT molecular complexity index is 810. The van der Waals surface area contributed by atoms with Crippen LogP contribution in [0, 0.1) is 5.92 Å². The predicted molar refractivity (Wildman–Crippen MR) is 97.4 cm³/mol. The topological polar surface area (TPSA) is 126 Å². The smallest absolute Gasteiger partial charge is 0.328 e. The van der Waals surface area contributed by atoms with Crippen LogP contribution in [0.3, 0.4) is 0 Å². The minimum atomic E-state index is -3.89. The van der Waals surface area contributed by atoms with Crippen LogP contribution >= 0.6 is 18.9 Å². The van der Waals surface area contributed by atoms with Gasteiger partial charge >= 0.3 is 13.6 Å². The van der Waals surface area contributed by atoms with Gasteiger partial charge in [0.2, 0.25) is 5.91 Å². The van der Waals surface area contributed by atoms with Gasteiger partial charge < -0.3 is 19.8 Å². The lowest BCUT2D eigenvalue weighted by atomic mass is 10.0. The summed E-state index contributed by atoms with van der Waals surface area (Å²) in [5, 5.41) is 13.1. The van der Waals surface area contributed by atoms with E-state index in [1.54, 1.807) is 5.38 Å². The van der Waals surface area contributed by atoms with E-state index in [2.05, 4.69) is 14.8 Å². The van der Waals surface area contributed by atoms with Gasteiger partial charge in [0.05, 0.1) is 24.2 Å². The third kappa shape index (κ3) is 6.34. The molecule has 0 aliphatic rings. The quantitative estimate of drug-likeness (QED) is 0.554. The van der Waals surface area contributed by atoms with Crippen molar-refractivity contribution in [1.29, 1.82) is 0 Å². The standard InChI is InChI=1S/C16H19N2O6PS/c1-24-25(22,23)9-12(7-11-5-3-2-4-6-11)15(21)18-16-17-13(10-26-16)8-14(19)20/h2-6,10,12H,7-9H2,1H3,(H,19,20)(H,22,23)(H,17,18,21). The van der Waals surface area contributed by atoms with Crippen molar-refractivity contribution >= 4 is 35.9 Å². The zero-order valence-corrected chi connectivity index (χ0v) is 15.7. The molecule has 0 saturated heterocycles. The molecule has 2 rings (SSSR count). The highest BCUT2D eigenvalue weighted by molar-refractivity contribution is 7.52. The highest BCUT2D eigenvalue weighted by atomic mass is 32.1. The number of aliphatic carboxylic acids is 1. The van der Waals surface area contributed by atoms with Gasteiger partial charge in [-0.2, -0.15) is 0 Å². The number of benzene rings is 1. The second-order valence-electron chi connectivity index (χ2n) is 5.59. The minimum Gasteiger partial charge on any atom is -0.481 e. The Balaban J connectivity index is 2.12. The van der Waals surface area contributed by atoms with Gasteiger partial charge in [-0.25, -0.2) is 4.98 Å². The van der Waals surface area contributed by atoms with E-state index in [1.807, 2.05) is 30.3 Å². The number of aromatic nitrogens is 1. The summed E-state index contributed by atoms with van der Waals surface area (Å²) in [6, 6.07) is 9.12. The van der Waals surface area contributed by atoms with E-state index in [1.165, 1.54) is 0 Å². The SMILES string of the molecule is COP(=O)(O)CC(Cc1ccccc1)C(=O)Nc1nc(CC(=O)O)cs1. The number of nitrogens with one attached hydrogen (secondary N) is 1. The molecule has 0 saturated carbocycles. The van der Waals surface area contributed by atoms with Gasteiger partial charge in [0.15, 0.2) is 5.13 Å². The molecule has 0 aliphatic heterocycles.